The van der Waals surface area contributed by atoms with Gasteiger partial charge < -0.3 is 10.2 Å². The van der Waals surface area contributed by atoms with Crippen molar-refractivity contribution in [2.24, 2.45) is 4.40 Å². The number of aromatic nitrogens is 1. The molecule has 1 aromatic heterocycles. The third kappa shape index (κ3) is 3.86. The lowest BCUT2D eigenvalue weighted by molar-refractivity contribution is -0.117. The van der Waals surface area contributed by atoms with Crippen LogP contribution in [0.2, 0.25) is 0 Å². The first-order chi connectivity index (χ1) is 13.5. The molecule has 142 valence electrons. The number of hydrogen-bond donors (Lipinski definition) is 1. The molecule has 0 saturated carbocycles. The van der Waals surface area contributed by atoms with Gasteiger partial charge in [-0.25, -0.2) is 8.42 Å². The number of benzene rings is 1. The summed E-state index contributed by atoms with van der Waals surface area (Å²) in [6, 6.07) is 14.8. The third-order valence-corrected chi connectivity index (χ3v) is 5.64. The minimum Gasteiger partial charge on any atom is -0.339 e. The smallest absolute Gasteiger partial charge is 0.256 e. The molecule has 0 radical (unpaired) electrons. The van der Waals surface area contributed by atoms with E-state index < -0.39 is 16.1 Å². The van der Waals surface area contributed by atoms with Crippen LogP contribution in [0.3, 0.4) is 0 Å². The topological polar surface area (TPSA) is 91.7 Å². The lowest BCUT2D eigenvalue weighted by atomic mass is 10.0. The van der Waals surface area contributed by atoms with Crippen molar-refractivity contribution in [3.8, 4) is 0 Å². The maximum Gasteiger partial charge on any atom is 0.256 e. The Hall–Kier alpha value is -3.26. The van der Waals surface area contributed by atoms with E-state index in [0.29, 0.717) is 11.4 Å². The third-order valence-electron chi connectivity index (χ3n) is 4.48. The first kappa shape index (κ1) is 18.1. The Morgan fingerprint density at radius 3 is 2.61 bits per heavy atom. The molecule has 3 heterocycles. The minimum absolute atomic E-state index is 0.0731. The van der Waals surface area contributed by atoms with Crippen molar-refractivity contribution >= 4 is 21.8 Å². The monoisotopic (exact) mass is 394 g/mol. The van der Waals surface area contributed by atoms with E-state index in [1.807, 2.05) is 48.5 Å². The van der Waals surface area contributed by atoms with Gasteiger partial charge in [0.2, 0.25) is 0 Å². The Bertz CT molecular complexity index is 1040. The van der Waals surface area contributed by atoms with Gasteiger partial charge in [-0.2, -0.15) is 0 Å². The summed E-state index contributed by atoms with van der Waals surface area (Å²) in [7, 11) is -3.42. The lowest BCUT2D eigenvalue weighted by Crippen LogP contribution is -2.38. The molecule has 1 amide bonds. The van der Waals surface area contributed by atoms with E-state index in [9.17, 15) is 13.2 Å². The summed E-state index contributed by atoms with van der Waals surface area (Å²) < 4.78 is 27.0. The van der Waals surface area contributed by atoms with Crippen LogP contribution in [-0.4, -0.2) is 42.3 Å². The fourth-order valence-corrected chi connectivity index (χ4v) is 4.04. The second-order valence-corrected chi connectivity index (χ2v) is 8.17. The van der Waals surface area contributed by atoms with Crippen LogP contribution in [0.4, 0.5) is 0 Å². The Balaban J connectivity index is 1.59. The zero-order chi connectivity index (χ0) is 19.6. The molecule has 1 N–H and O–H groups in total. The first-order valence-electron chi connectivity index (χ1n) is 8.78. The van der Waals surface area contributed by atoms with Gasteiger partial charge in [-0.3, -0.25) is 9.78 Å². The number of amides is 1. The van der Waals surface area contributed by atoms with Crippen LogP contribution >= 0.6 is 0 Å². The van der Waals surface area contributed by atoms with Crippen LogP contribution in [0.15, 0.2) is 83.1 Å². The predicted molar refractivity (Wildman–Crippen MR) is 106 cm³/mol. The van der Waals surface area contributed by atoms with Crippen LogP contribution in [-0.2, 0) is 14.8 Å². The number of pyridine rings is 1. The Morgan fingerprint density at radius 1 is 1.07 bits per heavy atom. The van der Waals surface area contributed by atoms with Gasteiger partial charge in [-0.1, -0.05) is 36.4 Å². The molecule has 7 nitrogen and oxygen atoms in total. The zero-order valence-electron chi connectivity index (χ0n) is 14.9. The van der Waals surface area contributed by atoms with Gasteiger partial charge in [-0.15, -0.1) is 4.40 Å². The molecular weight excluding hydrogens is 376 g/mol. The van der Waals surface area contributed by atoms with Crippen molar-refractivity contribution in [2.75, 3.05) is 12.3 Å². The quantitative estimate of drug-likeness (QED) is 0.854. The second kappa shape index (κ2) is 7.40. The lowest BCUT2D eigenvalue weighted by Gasteiger charge is -2.27. The summed E-state index contributed by atoms with van der Waals surface area (Å²) in [5, 5.41) is 3.03. The molecular formula is C20H18N4O3S. The molecule has 0 spiro atoms. The molecule has 4 rings (SSSR count). The number of sulfonamides is 1. The fraction of sp³-hybridized carbons (Fsp3) is 0.150. The molecule has 1 unspecified atom stereocenters. The number of nitrogens with one attached hydrogen (secondary N) is 1. The standard InChI is InChI=1S/C20H18N4O3S/c25-20(16-9-10-18-23-28(26,27)13-12-24(18)14-16)22-19(15-6-2-1-3-7-15)17-8-4-5-11-21-17/h1-11,14,19H,12-13H2,(H,22,25). The Labute approximate surface area is 163 Å². The van der Waals surface area contributed by atoms with Gasteiger partial charge in [0.1, 0.15) is 5.84 Å². The van der Waals surface area contributed by atoms with Crippen LogP contribution in [0.25, 0.3) is 0 Å². The van der Waals surface area contributed by atoms with Crippen molar-refractivity contribution in [3.63, 3.8) is 0 Å². The average molecular weight is 394 g/mol. The molecule has 0 saturated heterocycles. The summed E-state index contributed by atoms with van der Waals surface area (Å²) in [5.41, 5.74) is 2.07. The molecule has 2 aliphatic heterocycles. The van der Waals surface area contributed by atoms with Crippen molar-refractivity contribution < 1.29 is 13.2 Å². The van der Waals surface area contributed by atoms with E-state index in [1.54, 1.807) is 29.4 Å². The molecule has 28 heavy (non-hydrogen) atoms. The number of amidine groups is 1. The zero-order valence-corrected chi connectivity index (χ0v) is 15.7. The predicted octanol–water partition coefficient (Wildman–Crippen LogP) is 1.78. The minimum atomic E-state index is -3.42. The van der Waals surface area contributed by atoms with E-state index in [4.69, 9.17) is 0 Å². The van der Waals surface area contributed by atoms with E-state index in [-0.39, 0.29) is 18.2 Å². The van der Waals surface area contributed by atoms with Gasteiger partial charge >= 0.3 is 0 Å². The van der Waals surface area contributed by atoms with Crippen LogP contribution < -0.4 is 5.32 Å². The molecule has 0 aliphatic carbocycles. The highest BCUT2D eigenvalue weighted by Crippen LogP contribution is 2.22. The van der Waals surface area contributed by atoms with Crippen molar-refractivity contribution in [1.29, 1.82) is 0 Å². The summed E-state index contributed by atoms with van der Waals surface area (Å²) >= 11 is 0. The van der Waals surface area contributed by atoms with E-state index in [2.05, 4.69) is 14.7 Å². The molecule has 2 aliphatic rings. The molecule has 1 aromatic carbocycles. The maximum absolute atomic E-state index is 12.9. The van der Waals surface area contributed by atoms with Gasteiger partial charge in [0.15, 0.2) is 0 Å². The van der Waals surface area contributed by atoms with Gasteiger partial charge in [0.05, 0.1) is 23.1 Å². The highest BCUT2D eigenvalue weighted by Gasteiger charge is 2.26. The summed E-state index contributed by atoms with van der Waals surface area (Å²) in [4.78, 5) is 19.0. The van der Waals surface area contributed by atoms with Crippen molar-refractivity contribution in [3.05, 3.63) is 89.9 Å². The first-order valence-corrected chi connectivity index (χ1v) is 10.4. The van der Waals surface area contributed by atoms with Gasteiger partial charge in [0, 0.05) is 18.9 Å². The number of hydrogen-bond acceptors (Lipinski definition) is 5. The SMILES string of the molecule is O=C(NC(c1ccccc1)c1ccccn1)C1=CN2CCS(=O)(=O)N=C2C=C1. The number of carbonyl (C=O) groups is 1. The van der Waals surface area contributed by atoms with E-state index in [1.165, 1.54) is 0 Å². The van der Waals surface area contributed by atoms with Gasteiger partial charge in [0.25, 0.3) is 15.9 Å². The number of nitrogens with zero attached hydrogens (tertiary/aromatic N) is 3. The Kier molecular flexibility index (Phi) is 4.79. The van der Waals surface area contributed by atoms with Crippen LogP contribution in [0.1, 0.15) is 17.3 Å². The highest BCUT2D eigenvalue weighted by molar-refractivity contribution is 7.90. The van der Waals surface area contributed by atoms with E-state index in [0.717, 1.165) is 11.3 Å². The highest BCUT2D eigenvalue weighted by atomic mass is 32.2. The largest absolute Gasteiger partial charge is 0.339 e. The number of carbonyl (C=O) groups excluding carboxylic acids is 1. The van der Waals surface area contributed by atoms with Crippen molar-refractivity contribution in [2.45, 2.75) is 6.04 Å². The summed E-state index contributed by atoms with van der Waals surface area (Å²) in [6.07, 6.45) is 6.44. The normalized spacial score (nSPS) is 18.5. The fourth-order valence-electron chi connectivity index (χ4n) is 3.07. The van der Waals surface area contributed by atoms with Crippen LogP contribution in [0.5, 0.6) is 0 Å². The molecule has 0 bridgehead atoms. The van der Waals surface area contributed by atoms with Crippen molar-refractivity contribution in [1.82, 2.24) is 15.2 Å². The number of rotatable bonds is 4. The maximum atomic E-state index is 12.9. The van der Waals surface area contributed by atoms with Crippen LogP contribution in [0, 0.1) is 0 Å². The molecule has 0 fully saturated rings. The average Bonchev–Trinajstić information content (AvgIpc) is 2.72. The molecule has 2 aromatic rings. The second-order valence-electron chi connectivity index (χ2n) is 6.42. The summed E-state index contributed by atoms with van der Waals surface area (Å²) in [5.74, 6) is -0.0218. The molecule has 1 atom stereocenters. The summed E-state index contributed by atoms with van der Waals surface area (Å²) in [6.45, 7) is 0.268. The molecule has 8 heteroatoms. The van der Waals surface area contributed by atoms with Gasteiger partial charge in [-0.05, 0) is 29.8 Å². The Morgan fingerprint density at radius 2 is 1.86 bits per heavy atom. The number of fused-ring (bicyclic) bond motifs is 1. The van der Waals surface area contributed by atoms with E-state index >= 15 is 0 Å².